The molecule has 2 aromatic heterocycles. The van der Waals surface area contributed by atoms with Crippen molar-refractivity contribution >= 4 is 17.2 Å². The first kappa shape index (κ1) is 18.8. The Morgan fingerprint density at radius 2 is 1.89 bits per heavy atom. The summed E-state index contributed by atoms with van der Waals surface area (Å²) in [6, 6.07) is 15.3. The molecule has 0 saturated heterocycles. The van der Waals surface area contributed by atoms with Crippen molar-refractivity contribution in [2.75, 3.05) is 6.54 Å². The van der Waals surface area contributed by atoms with E-state index in [0.717, 1.165) is 16.9 Å². The summed E-state index contributed by atoms with van der Waals surface area (Å²) in [6.45, 7) is 2.99. The molecule has 27 heavy (non-hydrogen) atoms. The Bertz CT molecular complexity index is 1020. The largest absolute Gasteiger partial charge is 0.336 e. The number of amides is 1. The summed E-state index contributed by atoms with van der Waals surface area (Å²) in [5.41, 5.74) is 0.100. The molecular weight excluding hydrogens is 362 g/mol. The third kappa shape index (κ3) is 5.27. The average molecular weight is 383 g/mol. The van der Waals surface area contributed by atoms with Gasteiger partial charge in [-0.2, -0.15) is 0 Å². The van der Waals surface area contributed by atoms with Gasteiger partial charge >= 0.3 is 5.69 Å². The number of carbonyl (C=O) groups excluding carboxylic acids is 1. The minimum absolute atomic E-state index is 0.102. The summed E-state index contributed by atoms with van der Waals surface area (Å²) in [4.78, 5) is 42.2. The Morgan fingerprint density at radius 3 is 2.56 bits per heavy atom. The first-order valence-corrected chi connectivity index (χ1v) is 9.50. The van der Waals surface area contributed by atoms with Gasteiger partial charge in [0.05, 0.1) is 6.54 Å². The number of hydrogen-bond acceptors (Lipinski definition) is 4. The number of H-pyrrole nitrogens is 1. The molecule has 0 saturated carbocycles. The van der Waals surface area contributed by atoms with Crippen LogP contribution in [0.3, 0.4) is 0 Å². The van der Waals surface area contributed by atoms with Crippen LogP contribution in [0.15, 0.2) is 64.3 Å². The molecule has 0 bridgehead atoms. The Labute approximate surface area is 160 Å². The number of rotatable bonds is 7. The minimum Gasteiger partial charge on any atom is -0.336 e. The lowest BCUT2D eigenvalue weighted by molar-refractivity contribution is -0.132. The van der Waals surface area contributed by atoms with Crippen LogP contribution < -0.4 is 11.2 Å². The highest BCUT2D eigenvalue weighted by atomic mass is 32.1. The zero-order valence-electron chi connectivity index (χ0n) is 15.1. The lowest BCUT2D eigenvalue weighted by atomic mass is 10.1. The number of nitrogens with zero attached hydrogens (tertiary/aromatic N) is 2. The van der Waals surface area contributed by atoms with Gasteiger partial charge in [-0.1, -0.05) is 30.3 Å². The number of benzene rings is 1. The fourth-order valence-electron chi connectivity index (χ4n) is 2.77. The van der Waals surface area contributed by atoms with Crippen molar-refractivity contribution in [3.63, 3.8) is 0 Å². The highest BCUT2D eigenvalue weighted by molar-refractivity contribution is 7.11. The van der Waals surface area contributed by atoms with Crippen LogP contribution in [0.5, 0.6) is 0 Å². The summed E-state index contributed by atoms with van der Waals surface area (Å²) < 4.78 is 1.22. The summed E-state index contributed by atoms with van der Waals surface area (Å²) in [5, 5.41) is 0. The molecule has 6 nitrogen and oxygen atoms in total. The molecule has 1 aromatic carbocycles. The number of carbonyl (C=O) groups is 1. The molecule has 1 N–H and O–H groups in total. The summed E-state index contributed by atoms with van der Waals surface area (Å²) >= 11 is 1.66. The van der Waals surface area contributed by atoms with E-state index in [0.29, 0.717) is 13.1 Å². The molecule has 0 aliphatic rings. The number of hydrogen-bond donors (Lipinski definition) is 1. The molecule has 0 aliphatic carbocycles. The smallest absolute Gasteiger partial charge is 0.328 e. The van der Waals surface area contributed by atoms with Crippen LogP contribution in [0.1, 0.15) is 15.3 Å². The van der Waals surface area contributed by atoms with Crippen LogP contribution in [0.25, 0.3) is 0 Å². The lowest BCUT2D eigenvalue weighted by Crippen LogP contribution is -2.38. The van der Waals surface area contributed by atoms with Crippen molar-refractivity contribution in [1.29, 1.82) is 0 Å². The third-order valence-electron chi connectivity index (χ3n) is 4.21. The molecular formula is C20H21N3O3S. The highest BCUT2D eigenvalue weighted by Gasteiger charge is 2.16. The maximum atomic E-state index is 12.9. The average Bonchev–Trinajstić information content (AvgIpc) is 3.06. The van der Waals surface area contributed by atoms with Gasteiger partial charge in [0.2, 0.25) is 5.91 Å². The van der Waals surface area contributed by atoms with E-state index in [1.54, 1.807) is 16.2 Å². The molecule has 0 fully saturated rings. The Morgan fingerprint density at radius 1 is 1.11 bits per heavy atom. The van der Waals surface area contributed by atoms with E-state index in [4.69, 9.17) is 0 Å². The maximum absolute atomic E-state index is 12.9. The zero-order valence-corrected chi connectivity index (χ0v) is 15.9. The molecule has 7 heteroatoms. The van der Waals surface area contributed by atoms with E-state index < -0.39 is 11.2 Å². The maximum Gasteiger partial charge on any atom is 0.328 e. The SMILES string of the molecule is Cc1ccc(CN(CCc2ccccc2)C(=O)Cn2ccc(=O)[nH]c2=O)s1. The third-order valence-corrected chi connectivity index (χ3v) is 5.20. The summed E-state index contributed by atoms with van der Waals surface area (Å²) in [7, 11) is 0. The van der Waals surface area contributed by atoms with Gasteiger partial charge in [0.1, 0.15) is 6.54 Å². The quantitative estimate of drug-likeness (QED) is 0.679. The van der Waals surface area contributed by atoms with E-state index in [9.17, 15) is 14.4 Å². The predicted octanol–water partition coefficient (Wildman–Crippen LogP) is 2.18. The number of aryl methyl sites for hydroxylation is 1. The van der Waals surface area contributed by atoms with Gasteiger partial charge in [0.15, 0.2) is 0 Å². The van der Waals surface area contributed by atoms with Gasteiger partial charge in [0, 0.05) is 28.6 Å². The molecule has 0 radical (unpaired) electrons. The van der Waals surface area contributed by atoms with E-state index in [-0.39, 0.29) is 12.5 Å². The van der Waals surface area contributed by atoms with E-state index in [1.165, 1.54) is 21.7 Å². The highest BCUT2D eigenvalue weighted by Crippen LogP contribution is 2.18. The number of nitrogens with one attached hydrogen (secondary N) is 1. The fourth-order valence-corrected chi connectivity index (χ4v) is 3.68. The van der Waals surface area contributed by atoms with E-state index in [2.05, 4.69) is 4.98 Å². The zero-order chi connectivity index (χ0) is 19.2. The molecule has 0 unspecified atom stereocenters. The van der Waals surface area contributed by atoms with Crippen LogP contribution in [0.2, 0.25) is 0 Å². The van der Waals surface area contributed by atoms with Crippen molar-refractivity contribution in [2.24, 2.45) is 0 Å². The molecule has 140 valence electrons. The molecule has 0 spiro atoms. The van der Waals surface area contributed by atoms with Crippen molar-refractivity contribution in [1.82, 2.24) is 14.5 Å². The molecule has 0 aliphatic heterocycles. The van der Waals surface area contributed by atoms with Crippen LogP contribution in [-0.2, 0) is 24.3 Å². The number of aromatic amines is 1. The summed E-state index contributed by atoms with van der Waals surface area (Å²) in [6.07, 6.45) is 2.08. The van der Waals surface area contributed by atoms with Gasteiger partial charge in [-0.3, -0.25) is 19.1 Å². The van der Waals surface area contributed by atoms with Crippen molar-refractivity contribution in [3.05, 3.63) is 90.9 Å². The molecule has 0 atom stereocenters. The fraction of sp³-hybridized carbons (Fsp3) is 0.250. The lowest BCUT2D eigenvalue weighted by Gasteiger charge is -2.22. The predicted molar refractivity (Wildman–Crippen MR) is 106 cm³/mol. The van der Waals surface area contributed by atoms with Crippen LogP contribution in [-0.4, -0.2) is 26.9 Å². The normalized spacial score (nSPS) is 10.7. The van der Waals surface area contributed by atoms with Gasteiger partial charge in [-0.25, -0.2) is 4.79 Å². The Balaban J connectivity index is 1.75. The summed E-state index contributed by atoms with van der Waals surface area (Å²) in [5.74, 6) is -0.161. The second-order valence-electron chi connectivity index (χ2n) is 6.30. The topological polar surface area (TPSA) is 75.2 Å². The van der Waals surface area contributed by atoms with Crippen LogP contribution in [0, 0.1) is 6.92 Å². The monoisotopic (exact) mass is 383 g/mol. The first-order chi connectivity index (χ1) is 13.0. The molecule has 3 aromatic rings. The minimum atomic E-state index is -0.578. The van der Waals surface area contributed by atoms with Crippen molar-refractivity contribution < 1.29 is 4.79 Å². The van der Waals surface area contributed by atoms with Gasteiger partial charge in [-0.05, 0) is 31.0 Å². The van der Waals surface area contributed by atoms with Gasteiger partial charge in [-0.15, -0.1) is 11.3 Å². The van der Waals surface area contributed by atoms with Crippen molar-refractivity contribution in [3.8, 4) is 0 Å². The molecule has 1 amide bonds. The number of thiophene rings is 1. The molecule has 2 heterocycles. The second-order valence-corrected chi connectivity index (χ2v) is 7.67. The molecule has 3 rings (SSSR count). The van der Waals surface area contributed by atoms with Gasteiger partial charge < -0.3 is 4.90 Å². The van der Waals surface area contributed by atoms with E-state index >= 15 is 0 Å². The first-order valence-electron chi connectivity index (χ1n) is 8.68. The van der Waals surface area contributed by atoms with E-state index in [1.807, 2.05) is 49.4 Å². The Hall–Kier alpha value is -2.93. The van der Waals surface area contributed by atoms with Crippen molar-refractivity contribution in [2.45, 2.75) is 26.4 Å². The van der Waals surface area contributed by atoms with Crippen LogP contribution in [0.4, 0.5) is 0 Å². The standard InChI is InChI=1S/C20H21N3O3S/c1-15-7-8-17(27-15)13-22(11-9-16-5-3-2-4-6-16)19(25)14-23-12-10-18(24)21-20(23)26/h2-8,10,12H,9,11,13-14H2,1H3,(H,21,24,26). The van der Waals surface area contributed by atoms with Crippen LogP contribution >= 0.6 is 11.3 Å². The second kappa shape index (κ2) is 8.64. The van der Waals surface area contributed by atoms with Gasteiger partial charge in [0.25, 0.3) is 5.56 Å². The Kier molecular flexibility index (Phi) is 6.03. The number of aromatic nitrogens is 2.